The number of hydrogen-bond donors (Lipinski definition) is 0. The molecule has 27 heavy (non-hydrogen) atoms. The Morgan fingerprint density at radius 2 is 1.78 bits per heavy atom. The van der Waals surface area contributed by atoms with Crippen molar-refractivity contribution in [1.82, 2.24) is 20.3 Å². The number of rotatable bonds is 5. The number of benzene rings is 1. The third-order valence-electron chi connectivity index (χ3n) is 3.83. The zero-order chi connectivity index (χ0) is 19.8. The van der Waals surface area contributed by atoms with E-state index in [1.165, 1.54) is 0 Å². The van der Waals surface area contributed by atoms with Crippen LogP contribution in [0.25, 0.3) is 11.4 Å². The summed E-state index contributed by atoms with van der Waals surface area (Å²) in [7, 11) is 0. The van der Waals surface area contributed by atoms with Gasteiger partial charge in [0, 0.05) is 12.5 Å². The van der Waals surface area contributed by atoms with E-state index in [1.54, 1.807) is 13.8 Å². The molecule has 2 aromatic heterocycles. The first-order chi connectivity index (χ1) is 12.6. The standard InChI is InChI=1S/C17H17F3N4O3/c1-8-5-12(14-21-11(4)27-24-14)6-9(2)13(8)25-7-10(3)15-22-23-16(26-15)17(18,19)20/h5-6,10H,7H2,1-4H3. The Morgan fingerprint density at radius 1 is 1.11 bits per heavy atom. The molecule has 7 nitrogen and oxygen atoms in total. The summed E-state index contributed by atoms with van der Waals surface area (Å²) in [4.78, 5) is 4.19. The molecule has 0 aliphatic rings. The van der Waals surface area contributed by atoms with Crippen LogP contribution < -0.4 is 4.74 Å². The molecule has 3 rings (SSSR count). The molecule has 0 aliphatic heterocycles. The summed E-state index contributed by atoms with van der Waals surface area (Å²) in [6.07, 6.45) is -4.66. The van der Waals surface area contributed by atoms with Gasteiger partial charge in [0.25, 0.3) is 0 Å². The Morgan fingerprint density at radius 3 is 2.30 bits per heavy atom. The first-order valence-corrected chi connectivity index (χ1v) is 8.10. The topological polar surface area (TPSA) is 87.1 Å². The predicted octanol–water partition coefficient (Wildman–Crippen LogP) is 4.25. The van der Waals surface area contributed by atoms with E-state index in [-0.39, 0.29) is 12.5 Å². The van der Waals surface area contributed by atoms with Gasteiger partial charge < -0.3 is 13.7 Å². The number of ether oxygens (including phenoxy) is 1. The molecule has 1 unspecified atom stereocenters. The minimum Gasteiger partial charge on any atom is -0.492 e. The van der Waals surface area contributed by atoms with Crippen molar-refractivity contribution in [3.63, 3.8) is 0 Å². The van der Waals surface area contributed by atoms with E-state index in [0.717, 1.165) is 16.7 Å². The van der Waals surface area contributed by atoms with Crippen LogP contribution in [0.15, 0.2) is 21.1 Å². The first kappa shape index (κ1) is 18.9. The maximum atomic E-state index is 12.6. The van der Waals surface area contributed by atoms with Gasteiger partial charge in [-0.2, -0.15) is 18.2 Å². The number of alkyl halides is 3. The summed E-state index contributed by atoms with van der Waals surface area (Å²) >= 11 is 0. The molecular formula is C17H17F3N4O3. The smallest absolute Gasteiger partial charge is 0.470 e. The molecule has 0 bridgehead atoms. The Balaban J connectivity index is 1.73. The molecule has 2 heterocycles. The van der Waals surface area contributed by atoms with E-state index in [0.29, 0.717) is 17.5 Å². The van der Waals surface area contributed by atoms with Crippen LogP contribution in [0.4, 0.5) is 13.2 Å². The zero-order valence-corrected chi connectivity index (χ0v) is 15.1. The number of halogens is 3. The van der Waals surface area contributed by atoms with Crippen LogP contribution in [0.3, 0.4) is 0 Å². The molecule has 1 aromatic carbocycles. The molecule has 0 N–H and O–H groups in total. The molecule has 3 aromatic rings. The summed E-state index contributed by atoms with van der Waals surface area (Å²) in [6.45, 7) is 7.16. The minimum atomic E-state index is -4.66. The Hall–Kier alpha value is -2.91. The average Bonchev–Trinajstić information content (AvgIpc) is 3.22. The van der Waals surface area contributed by atoms with Gasteiger partial charge in [0.1, 0.15) is 5.75 Å². The van der Waals surface area contributed by atoms with Crippen LogP contribution >= 0.6 is 0 Å². The first-order valence-electron chi connectivity index (χ1n) is 8.10. The second-order valence-corrected chi connectivity index (χ2v) is 6.23. The highest BCUT2D eigenvalue weighted by molar-refractivity contribution is 5.60. The molecular weight excluding hydrogens is 365 g/mol. The van der Waals surface area contributed by atoms with Gasteiger partial charge in [0.05, 0.1) is 12.5 Å². The van der Waals surface area contributed by atoms with Crippen LogP contribution in [0, 0.1) is 20.8 Å². The summed E-state index contributed by atoms with van der Waals surface area (Å²) in [6, 6.07) is 3.71. The summed E-state index contributed by atoms with van der Waals surface area (Å²) in [5, 5.41) is 10.4. The van der Waals surface area contributed by atoms with Crippen LogP contribution in [-0.2, 0) is 6.18 Å². The van der Waals surface area contributed by atoms with Crippen LogP contribution in [0.2, 0.25) is 0 Å². The predicted molar refractivity (Wildman–Crippen MR) is 87.2 cm³/mol. The summed E-state index contributed by atoms with van der Waals surface area (Å²) < 4.78 is 53.1. The van der Waals surface area contributed by atoms with Crippen molar-refractivity contribution in [1.29, 1.82) is 0 Å². The fourth-order valence-electron chi connectivity index (χ4n) is 2.55. The van der Waals surface area contributed by atoms with Gasteiger partial charge in [-0.3, -0.25) is 0 Å². The number of nitrogens with zero attached hydrogens (tertiary/aromatic N) is 4. The molecule has 10 heteroatoms. The Labute approximate surface area is 152 Å². The molecule has 0 fully saturated rings. The van der Waals surface area contributed by atoms with Gasteiger partial charge in [-0.25, -0.2) is 0 Å². The van der Waals surface area contributed by atoms with E-state index in [9.17, 15) is 13.2 Å². The lowest BCUT2D eigenvalue weighted by atomic mass is 10.1. The van der Waals surface area contributed by atoms with Gasteiger partial charge in [0.2, 0.25) is 17.6 Å². The van der Waals surface area contributed by atoms with Gasteiger partial charge in [-0.15, -0.1) is 10.2 Å². The summed E-state index contributed by atoms with van der Waals surface area (Å²) in [5.74, 6) is -0.433. The quantitative estimate of drug-likeness (QED) is 0.652. The summed E-state index contributed by atoms with van der Waals surface area (Å²) in [5.41, 5.74) is 2.45. The lowest BCUT2D eigenvalue weighted by molar-refractivity contribution is -0.157. The largest absolute Gasteiger partial charge is 0.492 e. The normalized spacial score (nSPS) is 13.0. The highest BCUT2D eigenvalue weighted by Crippen LogP contribution is 2.31. The SMILES string of the molecule is Cc1nc(-c2cc(C)c(OCC(C)c3nnc(C(F)(F)F)o3)c(C)c2)no1. The lowest BCUT2D eigenvalue weighted by Crippen LogP contribution is -2.09. The van der Waals surface area contributed by atoms with E-state index in [4.69, 9.17) is 9.26 Å². The van der Waals surface area contributed by atoms with Crippen molar-refractivity contribution >= 4 is 0 Å². The Kier molecular flexibility index (Phi) is 4.90. The van der Waals surface area contributed by atoms with Gasteiger partial charge in [-0.05, 0) is 37.1 Å². The Bertz CT molecular complexity index is 926. The molecule has 0 saturated carbocycles. The third kappa shape index (κ3) is 4.09. The average molecular weight is 382 g/mol. The second kappa shape index (κ2) is 7.01. The van der Waals surface area contributed by atoms with Crippen molar-refractivity contribution in [3.05, 3.63) is 40.9 Å². The molecule has 144 valence electrons. The van der Waals surface area contributed by atoms with E-state index < -0.39 is 18.0 Å². The van der Waals surface area contributed by atoms with Crippen LogP contribution in [0.1, 0.15) is 41.6 Å². The zero-order valence-electron chi connectivity index (χ0n) is 15.1. The maximum Gasteiger partial charge on any atom is 0.470 e. The molecule has 0 spiro atoms. The highest BCUT2D eigenvalue weighted by Gasteiger charge is 2.38. The van der Waals surface area contributed by atoms with Crippen LogP contribution in [-0.4, -0.2) is 26.9 Å². The fraction of sp³-hybridized carbons (Fsp3) is 0.412. The van der Waals surface area contributed by atoms with Gasteiger partial charge in [-0.1, -0.05) is 12.1 Å². The molecule has 0 aliphatic carbocycles. The molecule has 0 saturated heterocycles. The highest BCUT2D eigenvalue weighted by atomic mass is 19.4. The number of aryl methyl sites for hydroxylation is 3. The van der Waals surface area contributed by atoms with Crippen molar-refractivity contribution in [3.8, 4) is 17.1 Å². The maximum absolute atomic E-state index is 12.6. The van der Waals surface area contributed by atoms with Crippen LogP contribution in [0.5, 0.6) is 5.75 Å². The fourth-order valence-corrected chi connectivity index (χ4v) is 2.55. The third-order valence-corrected chi connectivity index (χ3v) is 3.83. The van der Waals surface area contributed by atoms with Crippen molar-refractivity contribution in [2.24, 2.45) is 0 Å². The lowest BCUT2D eigenvalue weighted by Gasteiger charge is -2.15. The second-order valence-electron chi connectivity index (χ2n) is 6.23. The molecule has 0 radical (unpaired) electrons. The van der Waals surface area contributed by atoms with E-state index in [2.05, 4.69) is 24.8 Å². The van der Waals surface area contributed by atoms with Crippen molar-refractivity contribution < 1.29 is 26.8 Å². The monoisotopic (exact) mass is 382 g/mol. The van der Waals surface area contributed by atoms with Gasteiger partial charge >= 0.3 is 12.1 Å². The van der Waals surface area contributed by atoms with Crippen molar-refractivity contribution in [2.45, 2.75) is 39.8 Å². The van der Waals surface area contributed by atoms with Crippen molar-refractivity contribution in [2.75, 3.05) is 6.61 Å². The van der Waals surface area contributed by atoms with E-state index >= 15 is 0 Å². The van der Waals surface area contributed by atoms with Gasteiger partial charge in [0.15, 0.2) is 0 Å². The number of aromatic nitrogens is 4. The van der Waals surface area contributed by atoms with E-state index in [1.807, 2.05) is 26.0 Å². The minimum absolute atomic E-state index is 0.0852. The number of hydrogen-bond acceptors (Lipinski definition) is 7. The molecule has 1 atom stereocenters. The molecule has 0 amide bonds.